The maximum atomic E-state index is 13.9. The molecule has 0 fully saturated rings. The number of anilines is 2. The lowest BCUT2D eigenvalue weighted by molar-refractivity contribution is -0.125. The molecule has 2 N–H and O–H groups in total. The first-order chi connectivity index (χ1) is 16.2. The molecule has 8 nitrogen and oxygen atoms in total. The SMILES string of the molecule is Cc1cc(S(=O)(=O)N2c3ccccc3NC(=O)[C@H]2CC(=O)NCc2ccncc2)c(C)cc1Cl. The smallest absolute Gasteiger partial charge is 0.265 e. The summed E-state index contributed by atoms with van der Waals surface area (Å²) in [5.41, 5.74) is 2.51. The van der Waals surface area contributed by atoms with Gasteiger partial charge in [0.15, 0.2) is 0 Å². The second kappa shape index (κ2) is 9.44. The second-order valence-corrected chi connectivity index (χ2v) is 10.2. The summed E-state index contributed by atoms with van der Waals surface area (Å²) >= 11 is 6.18. The van der Waals surface area contributed by atoms with Crippen LogP contribution in [0.3, 0.4) is 0 Å². The van der Waals surface area contributed by atoms with Gasteiger partial charge in [-0.05, 0) is 66.9 Å². The first kappa shape index (κ1) is 23.7. The van der Waals surface area contributed by atoms with Gasteiger partial charge in [0.2, 0.25) is 11.8 Å². The van der Waals surface area contributed by atoms with Gasteiger partial charge in [-0.1, -0.05) is 23.7 Å². The molecule has 3 aromatic rings. The molecule has 1 aliphatic heterocycles. The van der Waals surface area contributed by atoms with Crippen LogP contribution in [0.25, 0.3) is 0 Å². The highest BCUT2D eigenvalue weighted by atomic mass is 35.5. The van der Waals surface area contributed by atoms with Crippen molar-refractivity contribution in [1.29, 1.82) is 0 Å². The zero-order chi connectivity index (χ0) is 24.5. The van der Waals surface area contributed by atoms with Crippen molar-refractivity contribution in [2.75, 3.05) is 9.62 Å². The molecular weight excluding hydrogens is 476 g/mol. The van der Waals surface area contributed by atoms with Crippen LogP contribution in [-0.2, 0) is 26.2 Å². The monoisotopic (exact) mass is 498 g/mol. The van der Waals surface area contributed by atoms with Gasteiger partial charge in [0, 0.05) is 24.0 Å². The van der Waals surface area contributed by atoms with Crippen LogP contribution in [0.5, 0.6) is 0 Å². The number of rotatable bonds is 6. The Kier molecular flexibility index (Phi) is 6.58. The van der Waals surface area contributed by atoms with Gasteiger partial charge in [-0.2, -0.15) is 0 Å². The molecule has 1 aliphatic rings. The largest absolute Gasteiger partial charge is 0.352 e. The van der Waals surface area contributed by atoms with Gasteiger partial charge in [-0.15, -0.1) is 0 Å². The molecule has 0 saturated carbocycles. The molecule has 0 aliphatic carbocycles. The Morgan fingerprint density at radius 3 is 2.56 bits per heavy atom. The fourth-order valence-electron chi connectivity index (χ4n) is 3.82. The van der Waals surface area contributed by atoms with Crippen LogP contribution >= 0.6 is 11.6 Å². The van der Waals surface area contributed by atoms with Crippen molar-refractivity contribution in [3.63, 3.8) is 0 Å². The molecule has 10 heteroatoms. The average Bonchev–Trinajstić information content (AvgIpc) is 2.81. The Morgan fingerprint density at radius 2 is 1.82 bits per heavy atom. The summed E-state index contributed by atoms with van der Waals surface area (Å²) in [4.78, 5) is 29.8. The molecule has 1 aromatic heterocycles. The highest BCUT2D eigenvalue weighted by Crippen LogP contribution is 2.38. The minimum Gasteiger partial charge on any atom is -0.352 e. The Hall–Kier alpha value is -3.43. The lowest BCUT2D eigenvalue weighted by Gasteiger charge is -2.37. The molecule has 176 valence electrons. The summed E-state index contributed by atoms with van der Waals surface area (Å²) in [6, 6.07) is 11.9. The fourth-order valence-corrected chi connectivity index (χ4v) is 5.97. The molecule has 0 radical (unpaired) electrons. The molecule has 1 atom stereocenters. The number of para-hydroxylation sites is 2. The number of carbonyl (C=O) groups is 2. The maximum Gasteiger partial charge on any atom is 0.265 e. The van der Waals surface area contributed by atoms with Crippen molar-refractivity contribution >= 4 is 44.8 Å². The van der Waals surface area contributed by atoms with Crippen molar-refractivity contribution < 1.29 is 18.0 Å². The van der Waals surface area contributed by atoms with Gasteiger partial charge in [-0.3, -0.25) is 18.9 Å². The van der Waals surface area contributed by atoms with Crippen molar-refractivity contribution in [2.45, 2.75) is 37.8 Å². The van der Waals surface area contributed by atoms with E-state index in [1.165, 1.54) is 6.07 Å². The van der Waals surface area contributed by atoms with Gasteiger partial charge >= 0.3 is 0 Å². The van der Waals surface area contributed by atoms with Crippen LogP contribution in [-0.4, -0.2) is 31.3 Å². The van der Waals surface area contributed by atoms with Gasteiger partial charge in [0.05, 0.1) is 22.7 Å². The van der Waals surface area contributed by atoms with Crippen molar-refractivity contribution in [1.82, 2.24) is 10.3 Å². The molecule has 2 amide bonds. The Bertz CT molecular complexity index is 1360. The van der Waals surface area contributed by atoms with Crippen molar-refractivity contribution in [3.05, 3.63) is 82.6 Å². The molecule has 0 unspecified atom stereocenters. The third-order valence-corrected chi connectivity index (χ3v) is 7.97. The molecule has 2 heterocycles. The summed E-state index contributed by atoms with van der Waals surface area (Å²) in [5, 5.41) is 5.91. The van der Waals surface area contributed by atoms with E-state index < -0.39 is 27.9 Å². The van der Waals surface area contributed by atoms with Gasteiger partial charge in [0.1, 0.15) is 6.04 Å². The lowest BCUT2D eigenvalue weighted by atomic mass is 10.1. The van der Waals surface area contributed by atoms with Gasteiger partial charge in [-0.25, -0.2) is 8.42 Å². The van der Waals surface area contributed by atoms with Crippen LogP contribution in [0.15, 0.2) is 65.8 Å². The molecule has 0 saturated heterocycles. The zero-order valence-electron chi connectivity index (χ0n) is 18.6. The van der Waals surface area contributed by atoms with E-state index in [2.05, 4.69) is 15.6 Å². The molecule has 34 heavy (non-hydrogen) atoms. The molecule has 0 bridgehead atoms. The number of halogens is 1. The van der Waals surface area contributed by atoms with Gasteiger partial charge < -0.3 is 10.6 Å². The minimum absolute atomic E-state index is 0.0288. The lowest BCUT2D eigenvalue weighted by Crippen LogP contribution is -2.52. The second-order valence-electron chi connectivity index (χ2n) is 8.03. The van der Waals surface area contributed by atoms with Crippen LogP contribution in [0.1, 0.15) is 23.1 Å². The molecule has 2 aromatic carbocycles. The summed E-state index contributed by atoms with van der Waals surface area (Å²) in [7, 11) is -4.21. The van der Waals surface area contributed by atoms with E-state index in [4.69, 9.17) is 11.6 Å². The molecule has 4 rings (SSSR count). The summed E-state index contributed by atoms with van der Waals surface area (Å²) in [6.07, 6.45) is 2.87. The minimum atomic E-state index is -4.21. The highest BCUT2D eigenvalue weighted by Gasteiger charge is 2.42. The fraction of sp³-hybridized carbons (Fsp3) is 0.208. The number of hydrogen-bond acceptors (Lipinski definition) is 5. The Labute approximate surface area is 203 Å². The van der Waals surface area contributed by atoms with Crippen LogP contribution in [0.2, 0.25) is 5.02 Å². The Morgan fingerprint density at radius 1 is 1.12 bits per heavy atom. The van der Waals surface area contributed by atoms with E-state index in [-0.39, 0.29) is 17.9 Å². The predicted molar refractivity (Wildman–Crippen MR) is 130 cm³/mol. The van der Waals surface area contributed by atoms with Crippen LogP contribution in [0, 0.1) is 13.8 Å². The predicted octanol–water partition coefficient (Wildman–Crippen LogP) is 3.57. The third kappa shape index (κ3) is 4.62. The summed E-state index contributed by atoms with van der Waals surface area (Å²) in [5.74, 6) is -1.04. The Balaban J connectivity index is 1.71. The quantitative estimate of drug-likeness (QED) is 0.540. The number of aryl methyl sites for hydroxylation is 2. The van der Waals surface area contributed by atoms with E-state index in [1.807, 2.05) is 0 Å². The normalized spacial score (nSPS) is 15.4. The first-order valence-corrected chi connectivity index (χ1v) is 12.4. The standard InChI is InChI=1S/C24H23ClN4O4S/c1-15-12-22(16(2)11-18(15)25)34(32,33)29-20-6-4-3-5-19(20)28-24(31)21(29)13-23(30)27-14-17-7-9-26-10-8-17/h3-12,21H,13-14H2,1-2H3,(H,27,30)(H,28,31)/t21-/m1/s1. The zero-order valence-corrected chi connectivity index (χ0v) is 20.2. The van der Waals surface area contributed by atoms with E-state index >= 15 is 0 Å². The number of carbonyl (C=O) groups excluding carboxylic acids is 2. The van der Waals surface area contributed by atoms with E-state index in [1.54, 1.807) is 68.7 Å². The third-order valence-electron chi connectivity index (χ3n) is 5.60. The van der Waals surface area contributed by atoms with E-state index in [0.29, 0.717) is 27.5 Å². The number of nitrogens with zero attached hydrogens (tertiary/aromatic N) is 2. The van der Waals surface area contributed by atoms with Crippen molar-refractivity contribution in [2.24, 2.45) is 0 Å². The number of hydrogen-bond donors (Lipinski definition) is 2. The maximum absolute atomic E-state index is 13.9. The number of aromatic nitrogens is 1. The molecule has 0 spiro atoms. The number of nitrogens with one attached hydrogen (secondary N) is 2. The van der Waals surface area contributed by atoms with E-state index in [0.717, 1.165) is 9.87 Å². The summed E-state index contributed by atoms with van der Waals surface area (Å²) in [6.45, 7) is 3.58. The first-order valence-electron chi connectivity index (χ1n) is 10.5. The van der Waals surface area contributed by atoms with E-state index in [9.17, 15) is 18.0 Å². The number of amides is 2. The van der Waals surface area contributed by atoms with Crippen LogP contribution < -0.4 is 14.9 Å². The summed E-state index contributed by atoms with van der Waals surface area (Å²) < 4.78 is 28.9. The van der Waals surface area contributed by atoms with Crippen molar-refractivity contribution in [3.8, 4) is 0 Å². The average molecular weight is 499 g/mol. The number of benzene rings is 2. The number of sulfonamides is 1. The van der Waals surface area contributed by atoms with Gasteiger partial charge in [0.25, 0.3) is 10.0 Å². The number of pyridine rings is 1. The number of fused-ring (bicyclic) bond motifs is 1. The van der Waals surface area contributed by atoms with Crippen LogP contribution in [0.4, 0.5) is 11.4 Å². The topological polar surface area (TPSA) is 108 Å². The highest BCUT2D eigenvalue weighted by molar-refractivity contribution is 7.93. The molecular formula is C24H23ClN4O4S.